The number of nitrogens with zero attached hydrogens (tertiary/aromatic N) is 2. The number of nitrogen functional groups attached to an aromatic ring is 1. The zero-order chi connectivity index (χ0) is 15.6. The zero-order valence-corrected chi connectivity index (χ0v) is 12.4. The molecule has 21 heavy (non-hydrogen) atoms. The van der Waals surface area contributed by atoms with Gasteiger partial charge in [0.25, 0.3) is 10.0 Å². The Balaban J connectivity index is 2.39. The van der Waals surface area contributed by atoms with Crippen LogP contribution in [0.5, 0.6) is 0 Å². The third-order valence-electron chi connectivity index (χ3n) is 2.96. The Kier molecular flexibility index (Phi) is 3.82. The number of hydrogen-bond acceptors (Lipinski definition) is 5. The largest absolute Gasteiger partial charge is 0.397 e. The van der Waals surface area contributed by atoms with Crippen LogP contribution in [0.25, 0.3) is 0 Å². The monoisotopic (exact) mass is 302 g/mol. The second-order valence-corrected chi connectivity index (χ2v) is 6.31. The summed E-state index contributed by atoms with van der Waals surface area (Å²) in [5, 5.41) is 8.87. The second kappa shape index (κ2) is 5.42. The molecule has 0 amide bonds. The van der Waals surface area contributed by atoms with Gasteiger partial charge in [0.1, 0.15) is 5.82 Å². The molecular weight excluding hydrogens is 288 g/mol. The molecule has 0 fully saturated rings. The molecule has 7 heteroatoms. The van der Waals surface area contributed by atoms with Crippen LogP contribution in [0, 0.1) is 25.2 Å². The normalized spacial score (nSPS) is 10.9. The summed E-state index contributed by atoms with van der Waals surface area (Å²) >= 11 is 0. The van der Waals surface area contributed by atoms with E-state index in [0.717, 1.165) is 0 Å². The van der Waals surface area contributed by atoms with Crippen LogP contribution < -0.4 is 10.5 Å². The molecule has 2 aromatic rings. The minimum absolute atomic E-state index is 0.0806. The highest BCUT2D eigenvalue weighted by atomic mass is 32.2. The van der Waals surface area contributed by atoms with E-state index < -0.39 is 10.0 Å². The molecule has 0 spiro atoms. The summed E-state index contributed by atoms with van der Waals surface area (Å²) in [6, 6.07) is 7.95. The number of benzene rings is 1. The van der Waals surface area contributed by atoms with Gasteiger partial charge in [-0.3, -0.25) is 4.72 Å². The summed E-state index contributed by atoms with van der Waals surface area (Å²) in [5.41, 5.74) is 7.72. The van der Waals surface area contributed by atoms with Crippen molar-refractivity contribution in [2.75, 3.05) is 10.5 Å². The maximum atomic E-state index is 12.3. The van der Waals surface area contributed by atoms with E-state index in [1.807, 2.05) is 6.07 Å². The fourth-order valence-electron chi connectivity index (χ4n) is 1.82. The van der Waals surface area contributed by atoms with Crippen LogP contribution in [0.15, 0.2) is 35.4 Å². The lowest BCUT2D eigenvalue weighted by molar-refractivity contribution is 0.601. The molecule has 0 saturated heterocycles. The summed E-state index contributed by atoms with van der Waals surface area (Å²) < 4.78 is 27.1. The Bertz CT molecular complexity index is 839. The van der Waals surface area contributed by atoms with E-state index in [2.05, 4.69) is 9.71 Å². The fourth-order valence-corrected chi connectivity index (χ4v) is 2.98. The number of nitriles is 1. The average molecular weight is 302 g/mol. The van der Waals surface area contributed by atoms with Gasteiger partial charge < -0.3 is 5.73 Å². The van der Waals surface area contributed by atoms with Crippen molar-refractivity contribution < 1.29 is 8.42 Å². The maximum absolute atomic E-state index is 12.3. The summed E-state index contributed by atoms with van der Waals surface area (Å²) in [5.74, 6) is 0.228. The van der Waals surface area contributed by atoms with E-state index in [0.29, 0.717) is 22.4 Å². The Morgan fingerprint density at radius 1 is 1.24 bits per heavy atom. The van der Waals surface area contributed by atoms with E-state index >= 15 is 0 Å². The van der Waals surface area contributed by atoms with E-state index in [1.54, 1.807) is 19.9 Å². The average Bonchev–Trinajstić information content (AvgIpc) is 2.42. The number of hydrogen-bond donors (Lipinski definition) is 2. The van der Waals surface area contributed by atoms with Crippen LogP contribution in [0.3, 0.4) is 0 Å². The number of anilines is 2. The molecular formula is C14H14N4O2S. The van der Waals surface area contributed by atoms with Crippen molar-refractivity contribution in [3.63, 3.8) is 0 Å². The number of aryl methyl sites for hydroxylation is 2. The van der Waals surface area contributed by atoms with Gasteiger partial charge in [-0.25, -0.2) is 13.4 Å². The third kappa shape index (κ3) is 3.12. The second-order valence-electron chi connectivity index (χ2n) is 4.63. The van der Waals surface area contributed by atoms with Gasteiger partial charge in [-0.15, -0.1) is 0 Å². The molecule has 1 heterocycles. The fraction of sp³-hybridized carbons (Fsp3) is 0.143. The van der Waals surface area contributed by atoms with Crippen LogP contribution >= 0.6 is 0 Å². The standard InChI is InChI=1S/C14H14N4O2S/c1-9-6-13(4-3-11(9)7-15)21(19,20)18-14-10(2)5-12(16)8-17-14/h3-6,8H,16H2,1-2H3,(H,17,18). The highest BCUT2D eigenvalue weighted by Gasteiger charge is 2.17. The van der Waals surface area contributed by atoms with Gasteiger partial charge in [0.15, 0.2) is 0 Å². The first-order valence-corrected chi connectivity index (χ1v) is 7.57. The lowest BCUT2D eigenvalue weighted by Crippen LogP contribution is -2.15. The predicted molar refractivity (Wildman–Crippen MR) is 80.1 cm³/mol. The lowest BCUT2D eigenvalue weighted by atomic mass is 10.1. The van der Waals surface area contributed by atoms with Crippen molar-refractivity contribution in [3.8, 4) is 6.07 Å². The highest BCUT2D eigenvalue weighted by Crippen LogP contribution is 2.20. The summed E-state index contributed by atoms with van der Waals surface area (Å²) in [7, 11) is -3.76. The van der Waals surface area contributed by atoms with Gasteiger partial charge in [-0.2, -0.15) is 5.26 Å². The molecule has 1 aromatic heterocycles. The predicted octanol–water partition coefficient (Wildman–Crippen LogP) is 1.95. The van der Waals surface area contributed by atoms with E-state index in [4.69, 9.17) is 11.0 Å². The van der Waals surface area contributed by atoms with E-state index in [9.17, 15) is 8.42 Å². The van der Waals surface area contributed by atoms with Crippen LogP contribution in [0.4, 0.5) is 11.5 Å². The summed E-state index contributed by atoms with van der Waals surface area (Å²) in [6.45, 7) is 3.40. The first kappa shape index (κ1) is 14.8. The number of aromatic nitrogens is 1. The topological polar surface area (TPSA) is 109 Å². The Morgan fingerprint density at radius 3 is 2.52 bits per heavy atom. The molecule has 0 aliphatic heterocycles. The highest BCUT2D eigenvalue weighted by molar-refractivity contribution is 7.92. The van der Waals surface area contributed by atoms with Crippen molar-refractivity contribution in [1.29, 1.82) is 5.26 Å². The van der Waals surface area contributed by atoms with Crippen molar-refractivity contribution >= 4 is 21.5 Å². The molecule has 0 unspecified atom stereocenters. The van der Waals surface area contributed by atoms with Gasteiger partial charge in [0, 0.05) is 0 Å². The van der Waals surface area contributed by atoms with Gasteiger partial charge in [-0.1, -0.05) is 0 Å². The molecule has 0 aliphatic rings. The van der Waals surface area contributed by atoms with E-state index in [-0.39, 0.29) is 10.7 Å². The smallest absolute Gasteiger partial charge is 0.263 e. The molecule has 0 radical (unpaired) electrons. The minimum Gasteiger partial charge on any atom is -0.397 e. The van der Waals surface area contributed by atoms with Gasteiger partial charge in [0.05, 0.1) is 28.4 Å². The Hall–Kier alpha value is -2.59. The molecule has 6 nitrogen and oxygen atoms in total. The van der Waals surface area contributed by atoms with Crippen molar-refractivity contribution in [2.24, 2.45) is 0 Å². The number of rotatable bonds is 3. The molecule has 1 aromatic carbocycles. The van der Waals surface area contributed by atoms with Crippen molar-refractivity contribution in [3.05, 3.63) is 47.2 Å². The molecule has 0 atom stereocenters. The first-order valence-electron chi connectivity index (χ1n) is 6.09. The van der Waals surface area contributed by atoms with E-state index in [1.165, 1.54) is 24.4 Å². The molecule has 2 rings (SSSR count). The Labute approximate surface area is 123 Å². The van der Waals surface area contributed by atoms with Crippen molar-refractivity contribution in [2.45, 2.75) is 18.7 Å². The molecule has 108 valence electrons. The SMILES string of the molecule is Cc1cc(S(=O)(=O)Nc2ncc(N)cc2C)ccc1C#N. The number of sulfonamides is 1. The zero-order valence-electron chi connectivity index (χ0n) is 11.6. The summed E-state index contributed by atoms with van der Waals surface area (Å²) in [6.07, 6.45) is 1.38. The number of pyridine rings is 1. The quantitative estimate of drug-likeness (QED) is 0.900. The first-order chi connectivity index (χ1) is 9.83. The number of nitrogens with two attached hydrogens (primary N) is 1. The number of nitrogens with one attached hydrogen (secondary N) is 1. The van der Waals surface area contributed by atoms with Crippen LogP contribution in [-0.4, -0.2) is 13.4 Å². The van der Waals surface area contributed by atoms with Crippen molar-refractivity contribution in [1.82, 2.24) is 4.98 Å². The molecule has 0 bridgehead atoms. The van der Waals surface area contributed by atoms with Gasteiger partial charge >= 0.3 is 0 Å². The Morgan fingerprint density at radius 2 is 1.95 bits per heavy atom. The minimum atomic E-state index is -3.76. The van der Waals surface area contributed by atoms with Crippen LogP contribution in [-0.2, 0) is 10.0 Å². The molecule has 0 aliphatic carbocycles. The lowest BCUT2D eigenvalue weighted by Gasteiger charge is -2.10. The van der Waals surface area contributed by atoms with Crippen LogP contribution in [0.1, 0.15) is 16.7 Å². The molecule has 3 N–H and O–H groups in total. The van der Waals surface area contributed by atoms with Crippen LogP contribution in [0.2, 0.25) is 0 Å². The van der Waals surface area contributed by atoms with Gasteiger partial charge in [-0.05, 0) is 49.2 Å². The third-order valence-corrected chi connectivity index (χ3v) is 4.30. The molecule has 0 saturated carbocycles. The maximum Gasteiger partial charge on any atom is 0.263 e. The summed E-state index contributed by atoms with van der Waals surface area (Å²) in [4.78, 5) is 4.06. The van der Waals surface area contributed by atoms with Gasteiger partial charge in [0.2, 0.25) is 0 Å².